The van der Waals surface area contributed by atoms with Gasteiger partial charge < -0.3 is 9.47 Å². The van der Waals surface area contributed by atoms with Crippen LogP contribution in [0.4, 0.5) is 5.69 Å². The number of rotatable bonds is 5. The number of hydrogen-bond acceptors (Lipinski definition) is 4. The van der Waals surface area contributed by atoms with Crippen LogP contribution in [-0.2, 0) is 0 Å². The number of aromatic nitrogens is 2. The maximum atomic E-state index is 12.1. The van der Waals surface area contributed by atoms with Crippen molar-refractivity contribution < 1.29 is 9.47 Å². The Bertz CT molecular complexity index is 958. The van der Waals surface area contributed by atoms with Crippen molar-refractivity contribution in [2.24, 2.45) is 4.99 Å². The van der Waals surface area contributed by atoms with Crippen molar-refractivity contribution in [1.29, 1.82) is 0 Å². The zero-order chi connectivity index (χ0) is 17.8. The van der Waals surface area contributed by atoms with Crippen molar-refractivity contribution in [3.05, 3.63) is 63.4 Å². The Morgan fingerprint density at radius 2 is 1.72 bits per heavy atom. The van der Waals surface area contributed by atoms with Crippen molar-refractivity contribution >= 4 is 23.5 Å². The SMILES string of the molecule is COc1ccc(-c2[nH][nH]c(=O)c2C=Nc2ccc(Cl)cc2)cc1OC. The van der Waals surface area contributed by atoms with Gasteiger partial charge in [-0.05, 0) is 42.5 Å². The van der Waals surface area contributed by atoms with Gasteiger partial charge in [-0.1, -0.05) is 11.6 Å². The molecule has 0 radical (unpaired) electrons. The normalized spacial score (nSPS) is 11.0. The molecule has 3 rings (SSSR count). The van der Waals surface area contributed by atoms with Crippen LogP contribution in [-0.4, -0.2) is 30.6 Å². The van der Waals surface area contributed by atoms with Gasteiger partial charge in [-0.3, -0.25) is 20.0 Å². The molecule has 0 atom stereocenters. The summed E-state index contributed by atoms with van der Waals surface area (Å²) in [6, 6.07) is 12.4. The Kier molecular flexibility index (Phi) is 4.90. The van der Waals surface area contributed by atoms with Crippen molar-refractivity contribution in [3.8, 4) is 22.8 Å². The van der Waals surface area contributed by atoms with Crippen LogP contribution in [0, 0.1) is 0 Å². The molecule has 0 unspecified atom stereocenters. The van der Waals surface area contributed by atoms with E-state index in [2.05, 4.69) is 15.2 Å². The predicted octanol–water partition coefficient (Wildman–Crippen LogP) is 3.79. The first-order chi connectivity index (χ1) is 12.1. The quantitative estimate of drug-likeness (QED) is 0.682. The number of H-pyrrole nitrogens is 2. The van der Waals surface area contributed by atoms with Gasteiger partial charge in [0.25, 0.3) is 5.56 Å². The van der Waals surface area contributed by atoms with Gasteiger partial charge in [0.05, 0.1) is 31.2 Å². The van der Waals surface area contributed by atoms with Crippen LogP contribution in [0.15, 0.2) is 52.3 Å². The van der Waals surface area contributed by atoms with Crippen LogP contribution < -0.4 is 15.0 Å². The Balaban J connectivity index is 1.99. The zero-order valence-corrected chi connectivity index (χ0v) is 14.4. The molecule has 0 fully saturated rings. The number of hydrogen-bond donors (Lipinski definition) is 2. The minimum absolute atomic E-state index is 0.262. The van der Waals surface area contributed by atoms with Crippen molar-refractivity contribution in [2.45, 2.75) is 0 Å². The molecule has 0 bridgehead atoms. The summed E-state index contributed by atoms with van der Waals surface area (Å²) in [4.78, 5) is 16.4. The second-order valence-electron chi connectivity index (χ2n) is 5.17. The molecule has 2 aromatic carbocycles. The fourth-order valence-corrected chi connectivity index (χ4v) is 2.50. The lowest BCUT2D eigenvalue weighted by atomic mass is 10.1. The zero-order valence-electron chi connectivity index (χ0n) is 13.7. The lowest BCUT2D eigenvalue weighted by Crippen LogP contribution is -2.05. The number of ether oxygens (including phenoxy) is 2. The number of methoxy groups -OCH3 is 2. The van der Waals surface area contributed by atoms with Gasteiger partial charge in [0.15, 0.2) is 11.5 Å². The molecule has 0 aliphatic rings. The molecule has 2 N–H and O–H groups in total. The highest BCUT2D eigenvalue weighted by molar-refractivity contribution is 6.30. The van der Waals surface area contributed by atoms with Crippen molar-refractivity contribution in [1.82, 2.24) is 10.2 Å². The van der Waals surface area contributed by atoms with E-state index in [0.717, 1.165) is 5.56 Å². The molecule has 0 amide bonds. The summed E-state index contributed by atoms with van der Waals surface area (Å²) < 4.78 is 10.5. The van der Waals surface area contributed by atoms with Crippen LogP contribution in [0.1, 0.15) is 5.56 Å². The average Bonchev–Trinajstić information content (AvgIpc) is 3.01. The van der Waals surface area contributed by atoms with E-state index in [9.17, 15) is 4.79 Å². The Morgan fingerprint density at radius 1 is 1.00 bits per heavy atom. The van der Waals surface area contributed by atoms with Crippen LogP contribution in [0.25, 0.3) is 11.3 Å². The molecule has 3 aromatic rings. The molecule has 0 saturated heterocycles. The topological polar surface area (TPSA) is 79.5 Å². The van der Waals surface area contributed by atoms with Crippen LogP contribution in [0.2, 0.25) is 5.02 Å². The van der Waals surface area contributed by atoms with Crippen LogP contribution in [0.3, 0.4) is 0 Å². The van der Waals surface area contributed by atoms with E-state index in [1.54, 1.807) is 50.6 Å². The van der Waals surface area contributed by atoms with E-state index in [4.69, 9.17) is 21.1 Å². The third kappa shape index (κ3) is 3.59. The highest BCUT2D eigenvalue weighted by Crippen LogP contribution is 2.32. The summed E-state index contributed by atoms with van der Waals surface area (Å²) in [5, 5.41) is 6.09. The van der Waals surface area contributed by atoms with E-state index < -0.39 is 0 Å². The van der Waals surface area contributed by atoms with Gasteiger partial charge in [0, 0.05) is 16.8 Å². The predicted molar refractivity (Wildman–Crippen MR) is 98.7 cm³/mol. The molecule has 0 saturated carbocycles. The first-order valence-corrected chi connectivity index (χ1v) is 7.83. The van der Waals surface area contributed by atoms with Crippen LogP contribution in [0.5, 0.6) is 11.5 Å². The highest BCUT2D eigenvalue weighted by atomic mass is 35.5. The lowest BCUT2D eigenvalue weighted by molar-refractivity contribution is 0.355. The van der Waals surface area contributed by atoms with E-state index in [1.165, 1.54) is 6.21 Å². The number of nitrogens with zero attached hydrogens (tertiary/aromatic N) is 1. The Morgan fingerprint density at radius 3 is 2.40 bits per heavy atom. The summed E-state index contributed by atoms with van der Waals surface area (Å²) in [5.41, 5.74) is 2.24. The number of benzene rings is 2. The third-order valence-electron chi connectivity index (χ3n) is 3.66. The smallest absolute Gasteiger partial charge is 0.273 e. The minimum Gasteiger partial charge on any atom is -0.493 e. The second kappa shape index (κ2) is 7.27. The van der Waals surface area contributed by atoms with Gasteiger partial charge >= 0.3 is 0 Å². The molecule has 6 nitrogen and oxygen atoms in total. The monoisotopic (exact) mass is 357 g/mol. The van der Waals surface area contributed by atoms with E-state index >= 15 is 0 Å². The summed E-state index contributed by atoms with van der Waals surface area (Å²) in [7, 11) is 3.13. The first-order valence-electron chi connectivity index (χ1n) is 7.45. The average molecular weight is 358 g/mol. The Hall–Kier alpha value is -2.99. The van der Waals surface area contributed by atoms with Gasteiger partial charge in [0.1, 0.15) is 0 Å². The van der Waals surface area contributed by atoms with Gasteiger partial charge in [-0.25, -0.2) is 0 Å². The van der Waals surface area contributed by atoms with Crippen molar-refractivity contribution in [2.75, 3.05) is 14.2 Å². The molecule has 1 heterocycles. The number of aliphatic imine (C=N–C) groups is 1. The summed E-state index contributed by atoms with van der Waals surface area (Å²) in [5.74, 6) is 1.18. The van der Waals surface area contributed by atoms with E-state index in [1.807, 2.05) is 6.07 Å². The molecule has 0 aliphatic carbocycles. The van der Waals surface area contributed by atoms with Gasteiger partial charge in [-0.15, -0.1) is 0 Å². The highest BCUT2D eigenvalue weighted by Gasteiger charge is 2.13. The summed E-state index contributed by atoms with van der Waals surface area (Å²) in [6.07, 6.45) is 1.52. The molecule has 128 valence electrons. The van der Waals surface area contributed by atoms with Gasteiger partial charge in [-0.2, -0.15) is 0 Å². The van der Waals surface area contributed by atoms with Gasteiger partial charge in [0.2, 0.25) is 0 Å². The third-order valence-corrected chi connectivity index (χ3v) is 3.91. The maximum Gasteiger partial charge on any atom is 0.273 e. The molecular weight excluding hydrogens is 342 g/mol. The summed E-state index contributed by atoms with van der Waals surface area (Å²) >= 11 is 5.86. The minimum atomic E-state index is -0.262. The van der Waals surface area contributed by atoms with E-state index in [0.29, 0.717) is 33.5 Å². The van der Waals surface area contributed by atoms with E-state index in [-0.39, 0.29) is 5.56 Å². The number of nitrogens with one attached hydrogen (secondary N) is 2. The van der Waals surface area contributed by atoms with Crippen LogP contribution >= 0.6 is 11.6 Å². The summed E-state index contributed by atoms with van der Waals surface area (Å²) in [6.45, 7) is 0. The molecule has 1 aromatic heterocycles. The fourth-order valence-electron chi connectivity index (χ4n) is 2.38. The lowest BCUT2D eigenvalue weighted by Gasteiger charge is -2.09. The second-order valence-corrected chi connectivity index (χ2v) is 5.61. The number of halogens is 1. The molecule has 0 spiro atoms. The van der Waals surface area contributed by atoms with Crippen molar-refractivity contribution in [3.63, 3.8) is 0 Å². The maximum absolute atomic E-state index is 12.1. The molecular formula is C18H16ClN3O3. The molecule has 0 aliphatic heterocycles. The fraction of sp³-hybridized carbons (Fsp3) is 0.111. The largest absolute Gasteiger partial charge is 0.493 e. The standard InChI is InChI=1S/C18H16ClN3O3/c1-24-15-8-3-11(9-16(15)25-2)17-14(18(23)22-21-17)10-20-13-6-4-12(19)5-7-13/h3-10H,1-2H3,(H2,21,22,23). The number of aromatic amines is 2. The first kappa shape index (κ1) is 16.9. The molecule has 25 heavy (non-hydrogen) atoms. The Labute approximate surface area is 149 Å². The molecule has 7 heteroatoms.